The molecule has 1 aliphatic rings. The van der Waals surface area contributed by atoms with Crippen molar-refractivity contribution >= 4 is 30.0 Å². The predicted molar refractivity (Wildman–Crippen MR) is 154 cm³/mol. The van der Waals surface area contributed by atoms with Crippen molar-refractivity contribution in [2.24, 2.45) is 9.98 Å². The monoisotopic (exact) mass is 492 g/mol. The molecule has 3 N–H and O–H groups in total. The molecule has 1 aromatic carbocycles. The normalized spacial score (nSPS) is 15.7. The molecule has 0 fully saturated rings. The van der Waals surface area contributed by atoms with E-state index in [0.29, 0.717) is 23.9 Å². The highest BCUT2D eigenvalue weighted by atomic mass is 16.5. The number of hydrogen-bond acceptors (Lipinski definition) is 9. The summed E-state index contributed by atoms with van der Waals surface area (Å²) in [6.45, 7) is 12.2. The van der Waals surface area contributed by atoms with Crippen molar-refractivity contribution in [1.82, 2.24) is 14.8 Å². The van der Waals surface area contributed by atoms with E-state index in [4.69, 9.17) is 10.5 Å². The minimum atomic E-state index is 0.326. The van der Waals surface area contributed by atoms with E-state index in [2.05, 4.69) is 51.4 Å². The SMILES string of the molecule is C=CC1=C(/C=C\C)N(/C(=C/C=N\CNc2cc(N)c(N(C)N(C)C)cc2OC)N=C)/C(=C\CC)N1C. The number of hydrazine groups is 1. The van der Waals surface area contributed by atoms with Crippen LogP contribution in [0.2, 0.25) is 0 Å². The van der Waals surface area contributed by atoms with E-state index in [-0.39, 0.29) is 0 Å². The van der Waals surface area contributed by atoms with Crippen LogP contribution in [-0.2, 0) is 0 Å². The number of methoxy groups -OCH3 is 1. The van der Waals surface area contributed by atoms with Crippen molar-refractivity contribution in [1.29, 1.82) is 0 Å². The number of allylic oxidation sites excluding steroid dienone is 5. The van der Waals surface area contributed by atoms with Gasteiger partial charge in [-0.25, -0.2) is 10.0 Å². The second-order valence-corrected chi connectivity index (χ2v) is 8.17. The van der Waals surface area contributed by atoms with E-state index in [1.807, 2.05) is 81.6 Å². The molecule has 0 saturated heterocycles. The van der Waals surface area contributed by atoms with Crippen LogP contribution in [0.1, 0.15) is 20.3 Å². The Morgan fingerprint density at radius 2 is 1.97 bits per heavy atom. The number of ether oxygens (including phenoxy) is 1. The summed E-state index contributed by atoms with van der Waals surface area (Å²) in [7, 11) is 9.48. The van der Waals surface area contributed by atoms with Crippen LogP contribution in [0.25, 0.3) is 0 Å². The summed E-state index contributed by atoms with van der Waals surface area (Å²) in [5.74, 6) is 2.33. The summed E-state index contributed by atoms with van der Waals surface area (Å²) in [6.07, 6.45) is 12.4. The molecule has 1 aliphatic heterocycles. The van der Waals surface area contributed by atoms with E-state index < -0.39 is 0 Å². The highest BCUT2D eigenvalue weighted by Gasteiger charge is 2.30. The molecule has 0 spiro atoms. The van der Waals surface area contributed by atoms with Gasteiger partial charge in [0.05, 0.1) is 35.6 Å². The van der Waals surface area contributed by atoms with Gasteiger partial charge in [0.2, 0.25) is 0 Å². The van der Waals surface area contributed by atoms with Crippen molar-refractivity contribution < 1.29 is 4.74 Å². The maximum absolute atomic E-state index is 6.29. The first kappa shape index (κ1) is 28.3. The van der Waals surface area contributed by atoms with E-state index in [1.165, 1.54) is 0 Å². The van der Waals surface area contributed by atoms with Crippen LogP contribution in [0.4, 0.5) is 17.1 Å². The average Bonchev–Trinajstić information content (AvgIpc) is 3.11. The van der Waals surface area contributed by atoms with Gasteiger partial charge in [0.15, 0.2) is 0 Å². The maximum atomic E-state index is 6.29. The van der Waals surface area contributed by atoms with Crippen molar-refractivity contribution in [3.05, 3.63) is 72.1 Å². The van der Waals surface area contributed by atoms with E-state index in [0.717, 1.165) is 35.0 Å². The molecular formula is C27H40N8O. The molecule has 194 valence electrons. The lowest BCUT2D eigenvalue weighted by Gasteiger charge is -2.28. The number of rotatable bonds is 12. The van der Waals surface area contributed by atoms with Gasteiger partial charge in [0.25, 0.3) is 0 Å². The predicted octanol–water partition coefficient (Wildman–Crippen LogP) is 4.64. The summed E-state index contributed by atoms with van der Waals surface area (Å²) in [6, 6.07) is 3.75. The van der Waals surface area contributed by atoms with Crippen LogP contribution in [0.15, 0.2) is 82.1 Å². The highest BCUT2D eigenvalue weighted by molar-refractivity contribution is 5.77. The summed E-state index contributed by atoms with van der Waals surface area (Å²) in [5, 5.41) is 7.15. The smallest absolute Gasteiger partial charge is 0.144 e. The number of benzene rings is 1. The molecular weight excluding hydrogens is 452 g/mol. The third kappa shape index (κ3) is 6.17. The standard InChI is InChI=1S/C27H40N8O/c1-10-13-23-22(12-3)33(7)27(14-11-2)35(23)26(29-4)15-16-30-19-31-21-17-20(28)24(18-25(21)36-9)34(8)32(5)6/h10,12-18,31H,3-4,11,19,28H2,1-2,5-9H3/b13-10-,26-15+,27-14-,30-16-. The number of likely N-dealkylation sites (N-methyl/N-ethyl adjacent to an activating group) is 1. The molecule has 9 heteroatoms. The zero-order valence-corrected chi connectivity index (χ0v) is 22.6. The highest BCUT2D eigenvalue weighted by Crippen LogP contribution is 2.37. The first-order valence-corrected chi connectivity index (χ1v) is 11.8. The largest absolute Gasteiger partial charge is 0.495 e. The first-order chi connectivity index (χ1) is 17.2. The minimum Gasteiger partial charge on any atom is -0.495 e. The van der Waals surface area contributed by atoms with Gasteiger partial charge >= 0.3 is 0 Å². The Morgan fingerprint density at radius 1 is 1.25 bits per heavy atom. The number of hydrogen-bond donors (Lipinski definition) is 2. The third-order valence-electron chi connectivity index (χ3n) is 5.72. The fourth-order valence-corrected chi connectivity index (χ4v) is 3.78. The molecule has 0 aromatic heterocycles. The van der Waals surface area contributed by atoms with Crippen molar-refractivity contribution in [3.8, 4) is 5.75 Å². The molecule has 0 saturated carbocycles. The molecule has 0 bridgehead atoms. The number of nitrogen functional groups attached to an aromatic ring is 1. The molecule has 0 atom stereocenters. The zero-order chi connectivity index (χ0) is 26.8. The van der Waals surface area contributed by atoms with E-state index in [1.54, 1.807) is 13.3 Å². The lowest BCUT2D eigenvalue weighted by Crippen LogP contribution is -2.33. The summed E-state index contributed by atoms with van der Waals surface area (Å²) < 4.78 is 5.56. The Hall–Kier alpha value is -3.98. The van der Waals surface area contributed by atoms with Crippen LogP contribution < -0.4 is 20.8 Å². The Morgan fingerprint density at radius 3 is 2.53 bits per heavy atom. The van der Waals surface area contributed by atoms with Gasteiger partial charge < -0.3 is 25.7 Å². The molecule has 2 rings (SSSR count). The second kappa shape index (κ2) is 13.2. The number of nitrogens with zero attached hydrogens (tertiary/aromatic N) is 6. The number of aliphatic imine (C=N–C) groups is 2. The number of anilines is 3. The molecule has 0 aliphatic carbocycles. The quantitative estimate of drug-likeness (QED) is 0.250. The Kier molecular flexibility index (Phi) is 10.4. The minimum absolute atomic E-state index is 0.326. The van der Waals surface area contributed by atoms with Gasteiger partial charge in [-0.2, -0.15) is 0 Å². The van der Waals surface area contributed by atoms with Crippen LogP contribution in [-0.4, -0.2) is 69.7 Å². The van der Waals surface area contributed by atoms with Crippen LogP contribution in [0, 0.1) is 0 Å². The van der Waals surface area contributed by atoms with E-state index >= 15 is 0 Å². The summed E-state index contributed by atoms with van der Waals surface area (Å²) in [5.41, 5.74) is 10.5. The maximum Gasteiger partial charge on any atom is 0.144 e. The zero-order valence-electron chi connectivity index (χ0n) is 22.6. The van der Waals surface area contributed by atoms with Gasteiger partial charge in [-0.1, -0.05) is 19.6 Å². The Labute approximate surface area is 215 Å². The van der Waals surface area contributed by atoms with E-state index in [9.17, 15) is 0 Å². The molecule has 0 amide bonds. The lowest BCUT2D eigenvalue weighted by atomic mass is 10.2. The summed E-state index contributed by atoms with van der Waals surface area (Å²) >= 11 is 0. The van der Waals surface area contributed by atoms with Crippen molar-refractivity contribution in [2.45, 2.75) is 20.3 Å². The Balaban J connectivity index is 2.26. The van der Waals surface area contributed by atoms with Gasteiger partial charge in [-0.05, 0) is 50.4 Å². The molecule has 0 unspecified atom stereocenters. The number of nitrogens with one attached hydrogen (secondary N) is 1. The second-order valence-electron chi connectivity index (χ2n) is 8.17. The molecule has 1 aromatic rings. The van der Waals surface area contributed by atoms with Crippen LogP contribution >= 0.6 is 0 Å². The third-order valence-corrected chi connectivity index (χ3v) is 5.72. The van der Waals surface area contributed by atoms with Crippen LogP contribution in [0.5, 0.6) is 5.75 Å². The molecule has 9 nitrogen and oxygen atoms in total. The van der Waals surface area contributed by atoms with Crippen LogP contribution in [0.3, 0.4) is 0 Å². The molecule has 0 radical (unpaired) electrons. The average molecular weight is 493 g/mol. The first-order valence-electron chi connectivity index (χ1n) is 11.8. The topological polar surface area (TPSA) is 85.0 Å². The van der Waals surface area contributed by atoms with Gasteiger partial charge in [-0.15, -0.1) is 0 Å². The fraction of sp³-hybridized carbons (Fsp3) is 0.333. The van der Waals surface area contributed by atoms with Gasteiger partial charge in [-0.3, -0.25) is 9.89 Å². The molecule has 1 heterocycles. The van der Waals surface area contributed by atoms with Crippen molar-refractivity contribution in [3.63, 3.8) is 0 Å². The van der Waals surface area contributed by atoms with Gasteiger partial charge in [0, 0.05) is 40.5 Å². The van der Waals surface area contributed by atoms with Gasteiger partial charge in [0.1, 0.15) is 24.1 Å². The van der Waals surface area contributed by atoms with Crippen molar-refractivity contribution in [2.75, 3.05) is 58.0 Å². The summed E-state index contributed by atoms with van der Waals surface area (Å²) in [4.78, 5) is 12.9. The number of nitrogens with two attached hydrogens (primary N) is 1. The Bertz CT molecular complexity index is 1100. The molecule has 36 heavy (non-hydrogen) atoms. The lowest BCUT2D eigenvalue weighted by molar-refractivity contribution is 0.394. The fourth-order valence-electron chi connectivity index (χ4n) is 3.78.